The van der Waals surface area contributed by atoms with Gasteiger partial charge in [-0.05, 0) is 100 Å². The summed E-state index contributed by atoms with van der Waals surface area (Å²) in [6.45, 7) is 14.4. The second kappa shape index (κ2) is 28.6. The Hall–Kier alpha value is -2.50. The van der Waals surface area contributed by atoms with Crippen molar-refractivity contribution in [3.63, 3.8) is 0 Å². The number of Topliss-reactive ketones (excluding diaryl/α,β-unsaturated/α-hetero) is 1. The lowest BCUT2D eigenvalue weighted by Crippen LogP contribution is -2.67. The number of methoxy groups -OCH3 is 1. The van der Waals surface area contributed by atoms with Gasteiger partial charge in [0.15, 0.2) is 37.7 Å². The second-order valence-electron chi connectivity index (χ2n) is 30.0. The predicted molar refractivity (Wildman–Crippen MR) is 320 cm³/mol. The summed E-state index contributed by atoms with van der Waals surface area (Å²) in [7, 11) is 1.20. The van der Waals surface area contributed by atoms with Crippen LogP contribution >= 0.6 is 0 Å². The first-order chi connectivity index (χ1) is 45.3. The highest BCUT2D eigenvalue weighted by Crippen LogP contribution is 2.75. The van der Waals surface area contributed by atoms with Gasteiger partial charge in [0, 0.05) is 13.5 Å². The van der Waals surface area contributed by atoms with Gasteiger partial charge in [0.1, 0.15) is 140 Å². The van der Waals surface area contributed by atoms with Gasteiger partial charge >= 0.3 is 5.97 Å². The second-order valence-corrected chi connectivity index (χ2v) is 30.0. The van der Waals surface area contributed by atoms with Crippen molar-refractivity contribution in [2.45, 2.75) is 290 Å². The Morgan fingerprint density at radius 3 is 1.78 bits per heavy atom. The third-order valence-electron chi connectivity index (χ3n) is 23.7. The molecule has 31 nitrogen and oxygen atoms in total. The minimum absolute atomic E-state index is 0.0521. The number of esters is 1. The first-order valence-electron chi connectivity index (χ1n) is 33.7. The molecule has 11 rings (SSSR count). The van der Waals surface area contributed by atoms with Gasteiger partial charge in [0.05, 0.1) is 56.6 Å². The number of hydrogen-bond acceptors (Lipinski definition) is 31. The molecular formula is C65H102O31. The van der Waals surface area contributed by atoms with E-state index in [1.54, 1.807) is 0 Å². The summed E-state index contributed by atoms with van der Waals surface area (Å²) in [5.74, 6) is -1.01. The molecule has 0 aromatic carbocycles. The number of carbonyl (C=O) groups is 2. The number of ketones is 1. The molecule has 4 aliphatic carbocycles. The molecule has 7 aliphatic heterocycles. The molecule has 0 radical (unpaired) electrons. The van der Waals surface area contributed by atoms with Gasteiger partial charge in [-0.15, -0.1) is 6.58 Å². The average Bonchev–Trinajstić information content (AvgIpc) is 1.47. The standard InChI is InChI=1S/C65H102O31/c1-25(2)11-10-16-64(8)53-29(69)19-63(7)28-12-13-35-61(4,5)36(15-17-62(35,6)27(28)14-18-65(53,63)60(82)96-64)91-59-52(40(74)34(24-85-59)90-57-47(81)51(39(73)33(22-68)88-57)94-56-43(77)41(75)37(71)31(20-66)87-56)95-55-44(78)42(76)48(26(3)86-55)92-54-45(79)49(30(70)23-84-54)93-58-46(80)50(83-9)38(72)32(21-67)89-58/h14,26,28,30-59,66-68,70-81H,1,10-13,15-24H2,2-9H3/t26-,28?,30-,31-,32-,33-,34-,35?,36+,37-,38-,39-,40+,41+,42-,43-,44-,45-,46-,47-,48-,49+,50+,51+,52-,53-,54+,55+,56+,57+,58+,59+,62-,63+,64+,65?/m1/s1. The average molecular weight is 1380 g/mol. The lowest BCUT2D eigenvalue weighted by atomic mass is 9.41. The van der Waals surface area contributed by atoms with Crippen LogP contribution < -0.4 is 0 Å². The van der Waals surface area contributed by atoms with Crippen LogP contribution in [-0.4, -0.2) is 312 Å². The van der Waals surface area contributed by atoms with Crippen molar-refractivity contribution in [1.29, 1.82) is 0 Å². The SMILES string of the molecule is C=C(C)CCC[C@]1(C)OC(=O)C23CC=C4C(CCC5C(C)(C)[C@@H](O[C@@H]6OC[C@@H](O[C@@H]7O[C@H](CO)[C@@H](O)[C@H](O[C@@H]8O[C@H](CO)[C@@H](O)[C@H](O)[C@H]8O)[C@H]7O)[C@H](O)[C@H]6O[C@@H]6O[C@H](C)[C@@H](O[C@@H]7OC[C@@H](O)[C@H](O[C@@H]8O[C@H](CO)[C@@H](O)[C@H](OC)[C@H]8O)[C@H]7O)[C@H](O)[C@H]6O)CC[C@]45C)[C@]2(C)CC(=O)[C@@H]31. The minimum atomic E-state index is -2.04. The van der Waals surface area contributed by atoms with Crippen molar-refractivity contribution in [2.75, 3.05) is 40.1 Å². The smallest absolute Gasteiger partial charge is 0.314 e. The maximum atomic E-state index is 14.5. The molecule has 15 N–H and O–H groups in total. The molecule has 1 spiro atoms. The number of fused-ring (bicyclic) bond motifs is 4. The molecule has 36 atom stereocenters. The molecule has 31 heteroatoms. The molecule has 0 bridgehead atoms. The lowest BCUT2D eigenvalue weighted by Gasteiger charge is -2.63. The molecule has 0 aromatic rings. The number of carbonyl (C=O) groups excluding carboxylic acids is 2. The Balaban J connectivity index is 0.826. The fourth-order valence-electron chi connectivity index (χ4n) is 18.5. The van der Waals surface area contributed by atoms with Gasteiger partial charge in [-0.2, -0.15) is 0 Å². The van der Waals surface area contributed by atoms with Crippen LogP contribution in [-0.2, 0) is 75.9 Å². The molecule has 7 saturated heterocycles. The van der Waals surface area contributed by atoms with E-state index in [-0.39, 0.29) is 30.0 Å². The largest absolute Gasteiger partial charge is 0.458 e. The first-order valence-corrected chi connectivity index (χ1v) is 33.7. The molecule has 10 fully saturated rings. The van der Waals surface area contributed by atoms with Crippen LogP contribution in [0.5, 0.6) is 0 Å². The molecule has 3 saturated carbocycles. The Bertz CT molecular complexity index is 2760. The van der Waals surface area contributed by atoms with Crippen molar-refractivity contribution in [2.24, 2.45) is 39.4 Å². The van der Waals surface area contributed by atoms with Crippen molar-refractivity contribution >= 4 is 11.8 Å². The third-order valence-corrected chi connectivity index (χ3v) is 23.7. The van der Waals surface area contributed by atoms with Crippen LogP contribution in [0.3, 0.4) is 0 Å². The Kier molecular flexibility index (Phi) is 22.3. The van der Waals surface area contributed by atoms with Gasteiger partial charge in [0.25, 0.3) is 0 Å². The van der Waals surface area contributed by atoms with E-state index in [2.05, 4.69) is 40.3 Å². The summed E-state index contributed by atoms with van der Waals surface area (Å²) in [5.41, 5.74) is -1.58. The quantitative estimate of drug-likeness (QED) is 0.0315. The fourth-order valence-corrected chi connectivity index (χ4v) is 18.5. The van der Waals surface area contributed by atoms with Gasteiger partial charge in [-0.1, -0.05) is 44.9 Å². The summed E-state index contributed by atoms with van der Waals surface area (Å²) < 4.78 is 84.1. The zero-order valence-corrected chi connectivity index (χ0v) is 55.4. The fraction of sp³-hybridized carbons (Fsp3) is 0.908. The van der Waals surface area contributed by atoms with Crippen LogP contribution in [0.1, 0.15) is 106 Å². The summed E-state index contributed by atoms with van der Waals surface area (Å²) in [4.78, 5) is 29.0. The predicted octanol–water partition coefficient (Wildman–Crippen LogP) is -3.92. The van der Waals surface area contributed by atoms with E-state index < -0.39 is 244 Å². The van der Waals surface area contributed by atoms with E-state index in [1.807, 2.05) is 13.8 Å². The molecule has 548 valence electrons. The van der Waals surface area contributed by atoms with Crippen molar-refractivity contribution < 1.29 is 153 Å². The highest BCUT2D eigenvalue weighted by Gasteiger charge is 2.79. The summed E-state index contributed by atoms with van der Waals surface area (Å²) in [6, 6.07) is 0. The normalized spacial score (nSPS) is 52.6. The summed E-state index contributed by atoms with van der Waals surface area (Å²) >= 11 is 0. The minimum Gasteiger partial charge on any atom is -0.458 e. The topological polar surface area (TPSA) is 467 Å². The van der Waals surface area contributed by atoms with Crippen molar-refractivity contribution in [3.05, 3.63) is 23.8 Å². The number of ether oxygens (including phenoxy) is 14. The van der Waals surface area contributed by atoms with E-state index in [0.717, 1.165) is 18.4 Å². The molecule has 96 heavy (non-hydrogen) atoms. The molecule has 3 unspecified atom stereocenters. The third kappa shape index (κ3) is 12.7. The van der Waals surface area contributed by atoms with E-state index in [4.69, 9.17) is 66.3 Å². The van der Waals surface area contributed by atoms with Gasteiger partial charge in [-0.25, -0.2) is 0 Å². The summed E-state index contributed by atoms with van der Waals surface area (Å²) in [6.07, 6.45) is -41.1. The van der Waals surface area contributed by atoms with E-state index >= 15 is 0 Å². The van der Waals surface area contributed by atoms with E-state index in [0.29, 0.717) is 38.5 Å². The van der Waals surface area contributed by atoms with Crippen LogP contribution in [0.2, 0.25) is 0 Å². The Morgan fingerprint density at radius 1 is 0.583 bits per heavy atom. The first kappa shape index (κ1) is 74.7. The molecule has 11 aliphatic rings. The highest BCUT2D eigenvalue weighted by atomic mass is 16.8. The molecule has 0 amide bonds. The van der Waals surface area contributed by atoms with Crippen molar-refractivity contribution in [3.8, 4) is 0 Å². The van der Waals surface area contributed by atoms with Gasteiger partial charge in [-0.3, -0.25) is 9.59 Å². The van der Waals surface area contributed by atoms with Crippen molar-refractivity contribution in [1.82, 2.24) is 0 Å². The molecular weight excluding hydrogens is 1280 g/mol. The van der Waals surface area contributed by atoms with Crippen LogP contribution in [0.4, 0.5) is 0 Å². The van der Waals surface area contributed by atoms with Crippen LogP contribution in [0.15, 0.2) is 23.8 Å². The van der Waals surface area contributed by atoms with E-state index in [9.17, 15) is 86.2 Å². The van der Waals surface area contributed by atoms with Gasteiger partial charge < -0.3 is 143 Å². The van der Waals surface area contributed by atoms with Gasteiger partial charge in [0.2, 0.25) is 0 Å². The zero-order chi connectivity index (χ0) is 69.8. The van der Waals surface area contributed by atoms with E-state index in [1.165, 1.54) is 19.6 Å². The number of aliphatic hydroxyl groups is 15. The summed E-state index contributed by atoms with van der Waals surface area (Å²) in [5, 5.41) is 166. The Morgan fingerprint density at radius 2 is 1.14 bits per heavy atom. The van der Waals surface area contributed by atoms with Crippen LogP contribution in [0, 0.1) is 39.4 Å². The number of aliphatic hydroxyl groups excluding tert-OH is 15. The number of rotatable bonds is 20. The highest BCUT2D eigenvalue weighted by molar-refractivity contribution is 5.99. The molecule has 7 heterocycles. The number of allylic oxidation sites excluding steroid dienone is 3. The number of hydrogen-bond donors (Lipinski definition) is 15. The lowest BCUT2D eigenvalue weighted by molar-refractivity contribution is -0.394. The zero-order valence-electron chi connectivity index (χ0n) is 55.4. The number of cyclic esters (lactones) is 1. The molecule has 0 aromatic heterocycles. The maximum Gasteiger partial charge on any atom is 0.314 e. The van der Waals surface area contributed by atoms with Crippen LogP contribution in [0.25, 0.3) is 0 Å². The Labute approximate surface area is 555 Å². The monoisotopic (exact) mass is 1380 g/mol. The maximum absolute atomic E-state index is 14.5.